The van der Waals surface area contributed by atoms with E-state index >= 15 is 0 Å². The summed E-state index contributed by atoms with van der Waals surface area (Å²) in [6.07, 6.45) is 1.13. The maximum Gasteiger partial charge on any atom is 0.191 e. The predicted molar refractivity (Wildman–Crippen MR) is 73.6 cm³/mol. The van der Waals surface area contributed by atoms with Gasteiger partial charge in [-0.25, -0.2) is 0 Å². The van der Waals surface area contributed by atoms with Gasteiger partial charge < -0.3 is 10.6 Å². The van der Waals surface area contributed by atoms with E-state index in [0.29, 0.717) is 0 Å². The van der Waals surface area contributed by atoms with Gasteiger partial charge in [-0.05, 0) is 28.8 Å². The van der Waals surface area contributed by atoms with Crippen molar-refractivity contribution in [2.24, 2.45) is 4.99 Å². The largest absolute Gasteiger partial charge is 0.356 e. The molecular weight excluding hydrogens is 230 g/mol. The van der Waals surface area contributed by atoms with Gasteiger partial charge in [0.2, 0.25) is 0 Å². The topological polar surface area (TPSA) is 36.4 Å². The first-order valence-corrected chi connectivity index (χ1v) is 6.79. The van der Waals surface area contributed by atoms with Crippen molar-refractivity contribution in [3.05, 3.63) is 35.2 Å². The number of guanidine groups is 1. The molecule has 4 heteroatoms. The number of hydrogen-bond acceptors (Lipinski definition) is 4. The summed E-state index contributed by atoms with van der Waals surface area (Å²) in [7, 11) is 0. The monoisotopic (exact) mass is 245 g/mol. The average Bonchev–Trinajstić information content (AvgIpc) is 2.81. The highest BCUT2D eigenvalue weighted by molar-refractivity contribution is 7.17. The SMILES string of the molecule is c1ccc2c(CNC3=NCCCN3)csc2c1. The van der Waals surface area contributed by atoms with Crippen molar-refractivity contribution >= 4 is 27.4 Å². The molecule has 0 fully saturated rings. The Labute approximate surface area is 105 Å². The van der Waals surface area contributed by atoms with Crippen molar-refractivity contribution in [2.75, 3.05) is 13.1 Å². The molecule has 0 amide bonds. The van der Waals surface area contributed by atoms with Gasteiger partial charge in [0, 0.05) is 24.3 Å². The van der Waals surface area contributed by atoms with Crippen LogP contribution in [0, 0.1) is 0 Å². The van der Waals surface area contributed by atoms with Crippen LogP contribution >= 0.6 is 11.3 Å². The van der Waals surface area contributed by atoms with E-state index < -0.39 is 0 Å². The molecule has 2 heterocycles. The number of aliphatic imine (C=N–C) groups is 1. The number of nitrogens with one attached hydrogen (secondary N) is 2. The zero-order valence-electron chi connectivity index (χ0n) is 9.57. The van der Waals surface area contributed by atoms with E-state index in [-0.39, 0.29) is 0 Å². The normalized spacial score (nSPS) is 15.4. The number of nitrogens with zero attached hydrogens (tertiary/aromatic N) is 1. The lowest BCUT2D eigenvalue weighted by atomic mass is 10.2. The Morgan fingerprint density at radius 2 is 2.29 bits per heavy atom. The van der Waals surface area contributed by atoms with Gasteiger partial charge in [0.15, 0.2) is 5.96 Å². The van der Waals surface area contributed by atoms with Crippen molar-refractivity contribution in [2.45, 2.75) is 13.0 Å². The van der Waals surface area contributed by atoms with E-state index in [2.05, 4.69) is 45.3 Å². The smallest absolute Gasteiger partial charge is 0.191 e. The van der Waals surface area contributed by atoms with Crippen LogP contribution in [-0.4, -0.2) is 19.0 Å². The summed E-state index contributed by atoms with van der Waals surface area (Å²) in [5.41, 5.74) is 1.35. The molecule has 88 valence electrons. The molecule has 2 aromatic rings. The fourth-order valence-electron chi connectivity index (χ4n) is 2.00. The van der Waals surface area contributed by atoms with Gasteiger partial charge in [0.1, 0.15) is 0 Å². The van der Waals surface area contributed by atoms with Crippen molar-refractivity contribution in [3.63, 3.8) is 0 Å². The third-order valence-corrected chi connectivity index (χ3v) is 3.92. The molecule has 0 radical (unpaired) electrons. The maximum absolute atomic E-state index is 4.41. The lowest BCUT2D eigenvalue weighted by molar-refractivity contribution is 0.703. The predicted octanol–water partition coefficient (Wildman–Crippen LogP) is 2.34. The minimum Gasteiger partial charge on any atom is -0.356 e. The molecule has 1 aliphatic heterocycles. The molecule has 1 aromatic heterocycles. The van der Waals surface area contributed by atoms with Crippen LogP contribution < -0.4 is 10.6 Å². The summed E-state index contributed by atoms with van der Waals surface area (Å²) in [6, 6.07) is 8.52. The molecule has 3 rings (SSSR count). The van der Waals surface area contributed by atoms with Gasteiger partial charge in [0.25, 0.3) is 0 Å². The summed E-state index contributed by atoms with van der Waals surface area (Å²) in [4.78, 5) is 4.41. The van der Waals surface area contributed by atoms with Crippen molar-refractivity contribution in [1.82, 2.24) is 10.6 Å². The van der Waals surface area contributed by atoms with Gasteiger partial charge in [-0.2, -0.15) is 0 Å². The van der Waals surface area contributed by atoms with Crippen LogP contribution in [0.15, 0.2) is 34.6 Å². The van der Waals surface area contributed by atoms with Gasteiger partial charge >= 0.3 is 0 Å². The Hall–Kier alpha value is -1.55. The summed E-state index contributed by atoms with van der Waals surface area (Å²) in [5, 5.41) is 10.2. The van der Waals surface area contributed by atoms with Crippen LogP contribution in [0.1, 0.15) is 12.0 Å². The molecule has 0 aliphatic carbocycles. The molecule has 0 spiro atoms. The number of thiophene rings is 1. The van der Waals surface area contributed by atoms with E-state index in [9.17, 15) is 0 Å². The summed E-state index contributed by atoms with van der Waals surface area (Å²) < 4.78 is 1.35. The second-order valence-corrected chi connectivity index (χ2v) is 5.03. The second kappa shape index (κ2) is 4.75. The van der Waals surface area contributed by atoms with Gasteiger partial charge in [-0.1, -0.05) is 18.2 Å². The first kappa shape index (κ1) is 10.6. The number of hydrogen-bond donors (Lipinski definition) is 2. The molecule has 1 aromatic carbocycles. The Morgan fingerprint density at radius 1 is 1.35 bits per heavy atom. The molecule has 0 atom stereocenters. The molecular formula is C13H15N3S. The summed E-state index contributed by atoms with van der Waals surface area (Å²) in [5.74, 6) is 0.937. The van der Waals surface area contributed by atoms with Crippen LogP contribution in [0.2, 0.25) is 0 Å². The number of fused-ring (bicyclic) bond motifs is 1. The van der Waals surface area contributed by atoms with Crippen LogP contribution in [0.3, 0.4) is 0 Å². The van der Waals surface area contributed by atoms with E-state index in [1.807, 2.05) is 0 Å². The standard InChI is InChI=1S/C13H15N3S/c1-2-5-12-11(4-1)10(9-17-12)8-16-13-14-6-3-7-15-13/h1-2,4-5,9H,3,6-8H2,(H2,14,15,16). The van der Waals surface area contributed by atoms with Gasteiger partial charge in [-0.3, -0.25) is 4.99 Å². The first-order chi connectivity index (χ1) is 8.43. The van der Waals surface area contributed by atoms with E-state index in [4.69, 9.17) is 0 Å². The van der Waals surface area contributed by atoms with Crippen LogP contribution in [-0.2, 0) is 6.54 Å². The lowest BCUT2D eigenvalue weighted by Crippen LogP contribution is -2.40. The minimum absolute atomic E-state index is 0.843. The van der Waals surface area contributed by atoms with Crippen molar-refractivity contribution < 1.29 is 0 Å². The first-order valence-electron chi connectivity index (χ1n) is 5.91. The Balaban J connectivity index is 1.74. The third kappa shape index (κ3) is 2.26. The van der Waals surface area contributed by atoms with E-state index in [1.54, 1.807) is 11.3 Å². The zero-order valence-corrected chi connectivity index (χ0v) is 10.4. The quantitative estimate of drug-likeness (QED) is 0.852. The minimum atomic E-state index is 0.843. The highest BCUT2D eigenvalue weighted by Gasteiger charge is 2.06. The molecule has 0 bridgehead atoms. The molecule has 3 nitrogen and oxygen atoms in total. The Morgan fingerprint density at radius 3 is 3.18 bits per heavy atom. The van der Waals surface area contributed by atoms with E-state index in [0.717, 1.165) is 32.0 Å². The maximum atomic E-state index is 4.41. The van der Waals surface area contributed by atoms with E-state index in [1.165, 1.54) is 15.6 Å². The molecule has 1 aliphatic rings. The summed E-state index contributed by atoms with van der Waals surface area (Å²) >= 11 is 1.80. The zero-order chi connectivity index (χ0) is 11.5. The van der Waals surface area contributed by atoms with Gasteiger partial charge in [0.05, 0.1) is 0 Å². The molecule has 0 saturated heterocycles. The van der Waals surface area contributed by atoms with Crippen LogP contribution in [0.4, 0.5) is 0 Å². The highest BCUT2D eigenvalue weighted by atomic mass is 32.1. The molecule has 2 N–H and O–H groups in total. The fraction of sp³-hybridized carbons (Fsp3) is 0.308. The Kier molecular flexibility index (Phi) is 2.96. The fourth-order valence-corrected chi connectivity index (χ4v) is 2.96. The lowest BCUT2D eigenvalue weighted by Gasteiger charge is -2.15. The average molecular weight is 245 g/mol. The summed E-state index contributed by atoms with van der Waals surface area (Å²) in [6.45, 7) is 2.80. The van der Waals surface area contributed by atoms with Crippen LogP contribution in [0.5, 0.6) is 0 Å². The molecule has 17 heavy (non-hydrogen) atoms. The second-order valence-electron chi connectivity index (χ2n) is 4.12. The van der Waals surface area contributed by atoms with Crippen LogP contribution in [0.25, 0.3) is 10.1 Å². The highest BCUT2D eigenvalue weighted by Crippen LogP contribution is 2.25. The van der Waals surface area contributed by atoms with Crippen molar-refractivity contribution in [3.8, 4) is 0 Å². The number of rotatable bonds is 2. The van der Waals surface area contributed by atoms with Gasteiger partial charge in [-0.15, -0.1) is 11.3 Å². The molecule has 0 unspecified atom stereocenters. The van der Waals surface area contributed by atoms with Crippen molar-refractivity contribution in [1.29, 1.82) is 0 Å². The number of benzene rings is 1. The Bertz CT molecular complexity index is 544. The molecule has 0 saturated carbocycles. The third-order valence-electron chi connectivity index (χ3n) is 2.90.